The summed E-state index contributed by atoms with van der Waals surface area (Å²) in [6.45, 7) is 1.93. The molecule has 2 amide bonds. The molecule has 0 saturated carbocycles. The van der Waals surface area contributed by atoms with Gasteiger partial charge in [0.25, 0.3) is 11.8 Å². The number of carbonyl (C=O) groups is 3. The molecule has 0 bridgehead atoms. The largest absolute Gasteiger partial charge is 0.434 e. The number of hydrogen-bond acceptors (Lipinski definition) is 5. The van der Waals surface area contributed by atoms with Gasteiger partial charge in [0.1, 0.15) is 23.2 Å². The molecule has 10 heteroatoms. The molecule has 7 nitrogen and oxygen atoms in total. The predicted molar refractivity (Wildman–Crippen MR) is 168 cm³/mol. The minimum atomic E-state index is -1.42. The zero-order valence-electron chi connectivity index (χ0n) is 24.4. The summed E-state index contributed by atoms with van der Waals surface area (Å²) >= 11 is 6.30. The van der Waals surface area contributed by atoms with E-state index in [1.165, 1.54) is 6.07 Å². The average Bonchev–Trinajstić information content (AvgIpc) is 3.48. The van der Waals surface area contributed by atoms with Crippen molar-refractivity contribution in [3.8, 4) is 11.1 Å². The molecule has 230 valence electrons. The van der Waals surface area contributed by atoms with Crippen LogP contribution in [0.25, 0.3) is 22.2 Å². The van der Waals surface area contributed by atoms with Crippen LogP contribution >= 0.6 is 11.6 Å². The third kappa shape index (κ3) is 7.44. The number of aromatic nitrogens is 1. The normalized spacial score (nSPS) is 12.4. The second-order valence-electron chi connectivity index (χ2n) is 10.5. The molecule has 0 saturated heterocycles. The maximum absolute atomic E-state index is 14.7. The van der Waals surface area contributed by atoms with Crippen LogP contribution in [0, 0.1) is 11.6 Å². The lowest BCUT2D eigenvalue weighted by atomic mass is 10.0. The minimum absolute atomic E-state index is 0.169. The van der Waals surface area contributed by atoms with Crippen LogP contribution in [0.15, 0.2) is 95.4 Å². The molecule has 0 spiro atoms. The standard InChI is InChI=1S/C35H30ClF2N3O4/c1-2-3-13-29(32(42)35-41-28-14-6-7-15-31(28)45-35)39-34(44)30(20-24-26(37)11-8-12-27(24)38)40-33(43)22-18-16-21(17-19-22)23-9-4-5-10-25(23)36/h4-12,14-19,29-30H,2-3,13,20H2,1H3,(H,39,44)(H,40,43). The lowest BCUT2D eigenvalue weighted by Crippen LogP contribution is -2.52. The first kappa shape index (κ1) is 31.5. The highest BCUT2D eigenvalue weighted by molar-refractivity contribution is 6.33. The molecular weight excluding hydrogens is 600 g/mol. The molecule has 0 aliphatic rings. The number of benzene rings is 4. The first-order valence-electron chi connectivity index (χ1n) is 14.5. The number of ketones is 1. The summed E-state index contributed by atoms with van der Waals surface area (Å²) in [7, 11) is 0. The molecule has 45 heavy (non-hydrogen) atoms. The van der Waals surface area contributed by atoms with Crippen LogP contribution < -0.4 is 10.6 Å². The third-order valence-corrected chi connectivity index (χ3v) is 7.74. The molecule has 2 N–H and O–H groups in total. The number of nitrogens with one attached hydrogen (secondary N) is 2. The number of rotatable bonds is 12. The fourth-order valence-electron chi connectivity index (χ4n) is 4.95. The van der Waals surface area contributed by atoms with Crippen LogP contribution in [0.2, 0.25) is 5.02 Å². The van der Waals surface area contributed by atoms with Gasteiger partial charge < -0.3 is 15.1 Å². The maximum Gasteiger partial charge on any atom is 0.266 e. The smallest absolute Gasteiger partial charge is 0.266 e. The molecule has 5 rings (SSSR count). The van der Waals surface area contributed by atoms with Crippen LogP contribution in [0.1, 0.15) is 52.8 Å². The van der Waals surface area contributed by atoms with Gasteiger partial charge in [0.05, 0.1) is 6.04 Å². The van der Waals surface area contributed by atoms with Gasteiger partial charge >= 0.3 is 0 Å². The van der Waals surface area contributed by atoms with Crippen molar-refractivity contribution in [3.63, 3.8) is 0 Å². The van der Waals surface area contributed by atoms with Crippen molar-refractivity contribution in [2.24, 2.45) is 0 Å². The van der Waals surface area contributed by atoms with Gasteiger partial charge in [0.15, 0.2) is 5.58 Å². The Morgan fingerprint density at radius 2 is 1.53 bits per heavy atom. The number of unbranched alkanes of at least 4 members (excludes halogenated alkanes) is 1. The second kappa shape index (κ2) is 14.3. The molecule has 2 unspecified atom stereocenters. The van der Waals surface area contributed by atoms with Gasteiger partial charge in [-0.15, -0.1) is 0 Å². The average molecular weight is 630 g/mol. The molecule has 1 aromatic heterocycles. The number of para-hydroxylation sites is 2. The number of amides is 2. The summed E-state index contributed by atoms with van der Waals surface area (Å²) in [4.78, 5) is 44.8. The highest BCUT2D eigenvalue weighted by Crippen LogP contribution is 2.27. The van der Waals surface area contributed by atoms with Crippen molar-refractivity contribution in [1.82, 2.24) is 15.6 Å². The number of fused-ring (bicyclic) bond motifs is 1. The van der Waals surface area contributed by atoms with Crippen molar-refractivity contribution in [2.75, 3.05) is 0 Å². The molecule has 0 fully saturated rings. The Labute approximate surface area is 263 Å². The van der Waals surface area contributed by atoms with E-state index in [1.54, 1.807) is 54.6 Å². The van der Waals surface area contributed by atoms with E-state index >= 15 is 0 Å². The molecule has 0 aliphatic carbocycles. The third-order valence-electron chi connectivity index (χ3n) is 7.41. The lowest BCUT2D eigenvalue weighted by Gasteiger charge is -2.23. The van der Waals surface area contributed by atoms with E-state index in [9.17, 15) is 23.2 Å². The second-order valence-corrected chi connectivity index (χ2v) is 10.9. The predicted octanol–water partition coefficient (Wildman–Crippen LogP) is 7.33. The highest BCUT2D eigenvalue weighted by Gasteiger charge is 2.31. The minimum Gasteiger partial charge on any atom is -0.434 e. The van der Waals surface area contributed by atoms with E-state index in [1.807, 2.05) is 25.1 Å². The number of halogens is 3. The quantitative estimate of drug-likeness (QED) is 0.141. The Morgan fingerprint density at radius 3 is 2.22 bits per heavy atom. The monoisotopic (exact) mass is 629 g/mol. The van der Waals surface area contributed by atoms with Gasteiger partial charge in [0.2, 0.25) is 11.7 Å². The Hall–Kier alpha value is -4.89. The molecule has 4 aromatic carbocycles. The van der Waals surface area contributed by atoms with Crippen molar-refractivity contribution in [3.05, 3.63) is 125 Å². The van der Waals surface area contributed by atoms with Gasteiger partial charge in [-0.05, 0) is 54.4 Å². The zero-order chi connectivity index (χ0) is 31.9. The van der Waals surface area contributed by atoms with Crippen molar-refractivity contribution in [2.45, 2.75) is 44.7 Å². The number of nitrogens with zero attached hydrogens (tertiary/aromatic N) is 1. The molecule has 1 heterocycles. The molecular formula is C35H30ClF2N3O4. The van der Waals surface area contributed by atoms with Crippen LogP contribution in [0.4, 0.5) is 8.78 Å². The van der Waals surface area contributed by atoms with Crippen LogP contribution in [0.5, 0.6) is 0 Å². The number of hydrogen-bond donors (Lipinski definition) is 2. The van der Waals surface area contributed by atoms with E-state index in [4.69, 9.17) is 16.0 Å². The summed E-state index contributed by atoms with van der Waals surface area (Å²) in [5.41, 5.74) is 2.30. The van der Waals surface area contributed by atoms with Gasteiger partial charge in [-0.1, -0.05) is 79.9 Å². The van der Waals surface area contributed by atoms with E-state index in [0.717, 1.165) is 29.7 Å². The molecule has 0 aliphatic heterocycles. The van der Waals surface area contributed by atoms with Crippen molar-refractivity contribution in [1.29, 1.82) is 0 Å². The van der Waals surface area contributed by atoms with E-state index in [-0.39, 0.29) is 23.4 Å². The highest BCUT2D eigenvalue weighted by atomic mass is 35.5. The first-order valence-corrected chi connectivity index (χ1v) is 14.9. The summed E-state index contributed by atoms with van der Waals surface area (Å²) in [5.74, 6) is -3.88. The van der Waals surface area contributed by atoms with Gasteiger partial charge in [-0.25, -0.2) is 13.8 Å². The summed E-state index contributed by atoms with van der Waals surface area (Å²) in [5, 5.41) is 5.84. The Kier molecular flexibility index (Phi) is 9.99. The number of Topliss-reactive ketones (excluding diaryl/α,β-unsaturated/α-hetero) is 1. The van der Waals surface area contributed by atoms with Crippen LogP contribution in [-0.4, -0.2) is 34.7 Å². The first-order chi connectivity index (χ1) is 21.7. The van der Waals surface area contributed by atoms with Crippen molar-refractivity contribution >= 4 is 40.3 Å². The summed E-state index contributed by atoms with van der Waals surface area (Å²) in [6.07, 6.45) is 1.09. The fourth-order valence-corrected chi connectivity index (χ4v) is 5.20. The van der Waals surface area contributed by atoms with Crippen LogP contribution in [-0.2, 0) is 11.2 Å². The van der Waals surface area contributed by atoms with Gasteiger partial charge in [-0.2, -0.15) is 0 Å². The van der Waals surface area contributed by atoms with Gasteiger partial charge in [0, 0.05) is 28.1 Å². The molecule has 0 radical (unpaired) electrons. The Morgan fingerprint density at radius 1 is 0.844 bits per heavy atom. The molecule has 2 atom stereocenters. The summed E-state index contributed by atoms with van der Waals surface area (Å²) in [6, 6.07) is 21.6. The van der Waals surface area contributed by atoms with E-state index in [0.29, 0.717) is 22.5 Å². The number of oxazole rings is 1. The lowest BCUT2D eigenvalue weighted by molar-refractivity contribution is -0.123. The number of carbonyl (C=O) groups excluding carboxylic acids is 3. The topological polar surface area (TPSA) is 101 Å². The van der Waals surface area contributed by atoms with Gasteiger partial charge in [-0.3, -0.25) is 14.4 Å². The van der Waals surface area contributed by atoms with Crippen LogP contribution in [0.3, 0.4) is 0 Å². The maximum atomic E-state index is 14.7. The van der Waals surface area contributed by atoms with E-state index < -0.39 is 47.7 Å². The Bertz CT molecular complexity index is 1790. The van der Waals surface area contributed by atoms with E-state index in [2.05, 4.69) is 15.6 Å². The Balaban J connectivity index is 1.40. The zero-order valence-corrected chi connectivity index (χ0v) is 25.1. The van der Waals surface area contributed by atoms with Crippen molar-refractivity contribution < 1.29 is 27.6 Å². The molecule has 5 aromatic rings. The summed E-state index contributed by atoms with van der Waals surface area (Å²) < 4.78 is 35.0. The fraction of sp³-hybridized carbons (Fsp3) is 0.200. The SMILES string of the molecule is CCCCC(NC(=O)C(Cc1c(F)cccc1F)NC(=O)c1ccc(-c2ccccc2Cl)cc1)C(=O)c1nc2ccccc2o1.